The van der Waals surface area contributed by atoms with Gasteiger partial charge in [-0.2, -0.15) is 0 Å². The third kappa shape index (κ3) is 3.47. The molecule has 0 saturated heterocycles. The zero-order valence-electron chi connectivity index (χ0n) is 11.8. The summed E-state index contributed by atoms with van der Waals surface area (Å²) in [5.74, 6) is 0.113. The van der Waals surface area contributed by atoms with Crippen LogP contribution in [0.5, 0.6) is 0 Å². The van der Waals surface area contributed by atoms with Gasteiger partial charge < -0.3 is 9.74 Å². The Morgan fingerprint density at radius 1 is 1.50 bits per heavy atom. The monoisotopic (exact) mass is 272 g/mol. The molecule has 0 N–H and O–H groups in total. The van der Waals surface area contributed by atoms with E-state index in [9.17, 15) is 4.79 Å². The van der Waals surface area contributed by atoms with Crippen molar-refractivity contribution in [2.75, 3.05) is 13.1 Å². The van der Waals surface area contributed by atoms with Crippen LogP contribution in [-0.2, 0) is 9.63 Å². The Bertz CT molecular complexity index is 496. The number of carbonyl (C=O) groups excluding carboxylic acids is 1. The molecule has 0 spiro atoms. The van der Waals surface area contributed by atoms with E-state index >= 15 is 0 Å². The summed E-state index contributed by atoms with van der Waals surface area (Å²) < 4.78 is 0. The Hall–Kier alpha value is -2.10. The number of carbonyl (C=O) groups is 1. The van der Waals surface area contributed by atoms with Gasteiger partial charge in [0.25, 0.3) is 0 Å². The minimum absolute atomic E-state index is 0.0688. The highest BCUT2D eigenvalue weighted by Crippen LogP contribution is 2.17. The second-order valence-corrected chi connectivity index (χ2v) is 4.78. The Labute approximate surface area is 119 Å². The van der Waals surface area contributed by atoms with Crippen LogP contribution in [0.15, 0.2) is 48.1 Å². The van der Waals surface area contributed by atoms with Crippen LogP contribution in [0.2, 0.25) is 0 Å². The number of rotatable bonds is 6. The van der Waals surface area contributed by atoms with E-state index in [1.54, 1.807) is 11.0 Å². The Morgan fingerprint density at radius 2 is 2.25 bits per heavy atom. The van der Waals surface area contributed by atoms with Gasteiger partial charge in [0.2, 0.25) is 5.91 Å². The van der Waals surface area contributed by atoms with E-state index in [1.807, 2.05) is 37.3 Å². The predicted octanol–water partition coefficient (Wildman–Crippen LogP) is 2.60. The molecule has 1 aliphatic rings. The molecule has 1 aliphatic heterocycles. The van der Waals surface area contributed by atoms with Crippen molar-refractivity contribution in [3.63, 3.8) is 0 Å². The number of amides is 1. The smallest absolute Gasteiger partial charge is 0.222 e. The average molecular weight is 272 g/mol. The van der Waals surface area contributed by atoms with E-state index in [0.29, 0.717) is 19.5 Å². The molecule has 0 bridgehead atoms. The molecule has 106 valence electrons. The van der Waals surface area contributed by atoms with E-state index in [0.717, 1.165) is 17.7 Å². The number of oxime groups is 1. The molecule has 2 rings (SSSR count). The van der Waals surface area contributed by atoms with E-state index in [4.69, 9.17) is 4.84 Å². The molecule has 1 atom stereocenters. The van der Waals surface area contributed by atoms with Gasteiger partial charge in [-0.3, -0.25) is 4.79 Å². The second kappa shape index (κ2) is 6.89. The van der Waals surface area contributed by atoms with Crippen molar-refractivity contribution in [3.05, 3.63) is 48.6 Å². The van der Waals surface area contributed by atoms with Crippen molar-refractivity contribution >= 4 is 11.6 Å². The van der Waals surface area contributed by atoms with Crippen LogP contribution < -0.4 is 0 Å². The lowest BCUT2D eigenvalue weighted by molar-refractivity contribution is -0.132. The molecule has 1 amide bonds. The van der Waals surface area contributed by atoms with E-state index in [2.05, 4.69) is 11.7 Å². The second-order valence-electron chi connectivity index (χ2n) is 4.78. The Balaban J connectivity index is 1.94. The van der Waals surface area contributed by atoms with Crippen LogP contribution in [0.3, 0.4) is 0 Å². The normalized spacial score (nSPS) is 17.2. The molecule has 0 aromatic heterocycles. The van der Waals surface area contributed by atoms with Gasteiger partial charge in [-0.1, -0.05) is 48.5 Å². The number of nitrogens with zero attached hydrogens (tertiary/aromatic N) is 2. The van der Waals surface area contributed by atoms with Crippen LogP contribution in [0.25, 0.3) is 0 Å². The highest BCUT2D eigenvalue weighted by atomic mass is 16.6. The van der Waals surface area contributed by atoms with Gasteiger partial charge in [-0.25, -0.2) is 0 Å². The van der Waals surface area contributed by atoms with Gasteiger partial charge in [0.05, 0.1) is 12.3 Å². The highest BCUT2D eigenvalue weighted by molar-refractivity contribution is 6.01. The van der Waals surface area contributed by atoms with Crippen molar-refractivity contribution in [1.29, 1.82) is 0 Å². The molecule has 4 nitrogen and oxygen atoms in total. The summed E-state index contributed by atoms with van der Waals surface area (Å²) in [5.41, 5.74) is 2.02. The quantitative estimate of drug-likeness (QED) is 0.747. The first-order chi connectivity index (χ1) is 9.74. The fourth-order valence-electron chi connectivity index (χ4n) is 2.23. The largest absolute Gasteiger partial charge is 0.390 e. The maximum Gasteiger partial charge on any atom is 0.222 e. The van der Waals surface area contributed by atoms with Crippen LogP contribution in [0.4, 0.5) is 0 Å². The SMILES string of the molecule is C=CCN(CC1CC(c2ccccc2)=NO1)C(=O)CC. The lowest BCUT2D eigenvalue weighted by atomic mass is 10.0. The summed E-state index contributed by atoms with van der Waals surface area (Å²) >= 11 is 0. The molecule has 20 heavy (non-hydrogen) atoms. The summed E-state index contributed by atoms with van der Waals surface area (Å²) in [6.07, 6.45) is 2.89. The molecular formula is C16H20N2O2. The molecule has 1 unspecified atom stereocenters. The Kier molecular flexibility index (Phi) is 4.93. The van der Waals surface area contributed by atoms with Gasteiger partial charge in [0, 0.05) is 19.4 Å². The predicted molar refractivity (Wildman–Crippen MR) is 79.5 cm³/mol. The number of hydrogen-bond acceptors (Lipinski definition) is 3. The topological polar surface area (TPSA) is 41.9 Å². The standard InChI is InChI=1S/C16H20N2O2/c1-3-10-18(16(19)4-2)12-14-11-15(17-20-14)13-8-6-5-7-9-13/h3,5-9,14H,1,4,10-12H2,2H3. The summed E-state index contributed by atoms with van der Waals surface area (Å²) in [4.78, 5) is 19.0. The maximum atomic E-state index is 11.8. The molecule has 1 heterocycles. The Morgan fingerprint density at radius 3 is 2.90 bits per heavy atom. The van der Waals surface area contributed by atoms with Crippen molar-refractivity contribution in [1.82, 2.24) is 4.90 Å². The van der Waals surface area contributed by atoms with Crippen LogP contribution in [-0.4, -0.2) is 35.7 Å². The molecule has 0 saturated carbocycles. The molecular weight excluding hydrogens is 252 g/mol. The molecule has 0 radical (unpaired) electrons. The molecule has 0 aliphatic carbocycles. The molecule has 1 aromatic carbocycles. The first kappa shape index (κ1) is 14.3. The molecule has 1 aromatic rings. The number of hydrogen-bond donors (Lipinski definition) is 0. The van der Waals surface area contributed by atoms with E-state index < -0.39 is 0 Å². The third-order valence-electron chi connectivity index (χ3n) is 3.27. The van der Waals surface area contributed by atoms with Gasteiger partial charge >= 0.3 is 0 Å². The number of benzene rings is 1. The van der Waals surface area contributed by atoms with Crippen molar-refractivity contribution < 1.29 is 9.63 Å². The average Bonchev–Trinajstić information content (AvgIpc) is 2.95. The summed E-state index contributed by atoms with van der Waals surface area (Å²) in [6, 6.07) is 9.97. The fourth-order valence-corrected chi connectivity index (χ4v) is 2.23. The van der Waals surface area contributed by atoms with Gasteiger partial charge in [0.15, 0.2) is 6.10 Å². The third-order valence-corrected chi connectivity index (χ3v) is 3.27. The first-order valence-corrected chi connectivity index (χ1v) is 6.91. The lowest BCUT2D eigenvalue weighted by Gasteiger charge is -2.22. The van der Waals surface area contributed by atoms with E-state index in [1.165, 1.54) is 0 Å². The van der Waals surface area contributed by atoms with Crippen LogP contribution in [0, 0.1) is 0 Å². The summed E-state index contributed by atoms with van der Waals surface area (Å²) in [7, 11) is 0. The zero-order chi connectivity index (χ0) is 14.4. The van der Waals surface area contributed by atoms with Crippen LogP contribution >= 0.6 is 0 Å². The fraction of sp³-hybridized carbons (Fsp3) is 0.375. The molecule has 4 heteroatoms. The lowest BCUT2D eigenvalue weighted by Crippen LogP contribution is -2.37. The summed E-state index contributed by atoms with van der Waals surface area (Å²) in [5, 5.41) is 4.14. The first-order valence-electron chi connectivity index (χ1n) is 6.91. The maximum absolute atomic E-state index is 11.8. The van der Waals surface area contributed by atoms with Crippen molar-refractivity contribution in [2.45, 2.75) is 25.9 Å². The minimum Gasteiger partial charge on any atom is -0.390 e. The zero-order valence-corrected chi connectivity index (χ0v) is 11.8. The van der Waals surface area contributed by atoms with E-state index in [-0.39, 0.29) is 12.0 Å². The van der Waals surface area contributed by atoms with Crippen molar-refractivity contribution in [2.24, 2.45) is 5.16 Å². The highest BCUT2D eigenvalue weighted by Gasteiger charge is 2.25. The van der Waals surface area contributed by atoms with Crippen LogP contribution in [0.1, 0.15) is 25.3 Å². The van der Waals surface area contributed by atoms with Crippen molar-refractivity contribution in [3.8, 4) is 0 Å². The van der Waals surface area contributed by atoms with Gasteiger partial charge in [-0.05, 0) is 5.56 Å². The summed E-state index contributed by atoms with van der Waals surface area (Å²) in [6.45, 7) is 6.65. The van der Waals surface area contributed by atoms with Gasteiger partial charge in [-0.15, -0.1) is 6.58 Å². The minimum atomic E-state index is -0.0688. The van der Waals surface area contributed by atoms with Gasteiger partial charge in [0.1, 0.15) is 0 Å². The molecule has 0 fully saturated rings.